The highest BCUT2D eigenvalue weighted by molar-refractivity contribution is 7.93. The smallest absolute Gasteiger partial charge is 0.263 e. The topological polar surface area (TPSA) is 85.1 Å². The molecule has 0 saturated heterocycles. The maximum absolute atomic E-state index is 13.4. The number of thiocarbonyl (C=S) groups is 1. The third-order valence-electron chi connectivity index (χ3n) is 2.35. The van der Waals surface area contributed by atoms with E-state index >= 15 is 0 Å². The second-order valence-corrected chi connectivity index (χ2v) is 6.89. The molecule has 2 rings (SSSR count). The Labute approximate surface area is 124 Å². The number of halogens is 1. The monoisotopic (exact) mass is 331 g/mol. The fourth-order valence-electron chi connectivity index (χ4n) is 1.44. The fourth-order valence-corrected chi connectivity index (χ4v) is 3.56. The lowest BCUT2D eigenvalue weighted by Gasteiger charge is -2.07. The van der Waals surface area contributed by atoms with Gasteiger partial charge in [0.05, 0.1) is 10.6 Å². The molecule has 20 heavy (non-hydrogen) atoms. The van der Waals surface area contributed by atoms with E-state index < -0.39 is 15.8 Å². The number of nitrogens with one attached hydrogen (secondary N) is 1. The van der Waals surface area contributed by atoms with E-state index in [1.807, 2.05) is 0 Å². The second kappa shape index (κ2) is 5.43. The van der Waals surface area contributed by atoms with Crippen molar-refractivity contribution in [1.82, 2.24) is 4.98 Å². The normalized spacial score (nSPS) is 11.3. The number of sulfonamides is 1. The van der Waals surface area contributed by atoms with E-state index in [4.69, 9.17) is 5.73 Å². The van der Waals surface area contributed by atoms with Gasteiger partial charge in [-0.2, -0.15) is 0 Å². The molecule has 0 aliphatic rings. The lowest BCUT2D eigenvalue weighted by molar-refractivity contribution is 0.599. The highest BCUT2D eigenvalue weighted by Crippen LogP contribution is 2.21. The number of hydrogen-bond donors (Lipinski definition) is 2. The van der Waals surface area contributed by atoms with Crippen molar-refractivity contribution >= 4 is 43.7 Å². The Kier molecular flexibility index (Phi) is 4.02. The van der Waals surface area contributed by atoms with Crippen LogP contribution in [0.15, 0.2) is 28.5 Å². The molecule has 0 aliphatic carbocycles. The summed E-state index contributed by atoms with van der Waals surface area (Å²) in [5.74, 6) is -0.665. The predicted molar refractivity (Wildman–Crippen MR) is 79.9 cm³/mol. The zero-order valence-electron chi connectivity index (χ0n) is 10.3. The minimum Gasteiger partial charge on any atom is -0.389 e. The van der Waals surface area contributed by atoms with Crippen LogP contribution in [0.25, 0.3) is 0 Å². The van der Waals surface area contributed by atoms with Crippen molar-refractivity contribution in [3.05, 3.63) is 40.7 Å². The molecule has 1 aromatic carbocycles. The van der Waals surface area contributed by atoms with E-state index in [0.717, 1.165) is 29.5 Å². The fraction of sp³-hybridized carbons (Fsp3) is 0.0909. The van der Waals surface area contributed by atoms with Crippen LogP contribution in [0, 0.1) is 12.7 Å². The van der Waals surface area contributed by atoms with Crippen LogP contribution in [0.5, 0.6) is 0 Å². The first-order chi connectivity index (χ1) is 9.29. The van der Waals surface area contributed by atoms with E-state index in [2.05, 4.69) is 21.9 Å². The van der Waals surface area contributed by atoms with Crippen LogP contribution in [-0.2, 0) is 10.0 Å². The van der Waals surface area contributed by atoms with Crippen molar-refractivity contribution in [3.8, 4) is 0 Å². The first-order valence-electron chi connectivity index (χ1n) is 5.34. The van der Waals surface area contributed by atoms with Gasteiger partial charge in [-0.05, 0) is 25.1 Å². The largest absolute Gasteiger partial charge is 0.389 e. The Morgan fingerprint density at radius 2 is 2.20 bits per heavy atom. The minimum atomic E-state index is -3.86. The van der Waals surface area contributed by atoms with Gasteiger partial charge in [-0.25, -0.2) is 17.8 Å². The SMILES string of the molecule is Cc1csc(NS(=O)(=O)c2ccc(F)c(C(N)=S)c2)n1. The van der Waals surface area contributed by atoms with Gasteiger partial charge in [-0.1, -0.05) is 12.2 Å². The van der Waals surface area contributed by atoms with Gasteiger partial charge >= 0.3 is 0 Å². The Morgan fingerprint density at radius 3 is 2.75 bits per heavy atom. The van der Waals surface area contributed by atoms with E-state index in [1.54, 1.807) is 12.3 Å². The molecule has 0 unspecified atom stereocenters. The number of rotatable bonds is 4. The van der Waals surface area contributed by atoms with Crippen LogP contribution in [0.1, 0.15) is 11.3 Å². The first kappa shape index (κ1) is 14.8. The summed E-state index contributed by atoms with van der Waals surface area (Å²) < 4.78 is 40.1. The molecule has 2 aromatic rings. The molecule has 0 atom stereocenters. The van der Waals surface area contributed by atoms with E-state index in [1.165, 1.54) is 0 Å². The Balaban J connectivity index is 2.39. The molecule has 0 radical (unpaired) electrons. The van der Waals surface area contributed by atoms with Crippen molar-refractivity contribution in [2.45, 2.75) is 11.8 Å². The quantitative estimate of drug-likeness (QED) is 0.837. The number of aryl methyl sites for hydroxylation is 1. The average molecular weight is 331 g/mol. The average Bonchev–Trinajstić information content (AvgIpc) is 2.73. The maximum atomic E-state index is 13.4. The van der Waals surface area contributed by atoms with Gasteiger partial charge in [0, 0.05) is 10.9 Å². The Hall–Kier alpha value is -1.58. The molecule has 1 heterocycles. The molecule has 0 bridgehead atoms. The summed E-state index contributed by atoms with van der Waals surface area (Å²) >= 11 is 5.84. The number of thiazole rings is 1. The second-order valence-electron chi connectivity index (χ2n) is 3.91. The molecule has 0 spiro atoms. The number of nitrogens with zero attached hydrogens (tertiary/aromatic N) is 1. The molecule has 0 aliphatic heterocycles. The van der Waals surface area contributed by atoms with Crippen molar-refractivity contribution in [2.75, 3.05) is 4.72 Å². The van der Waals surface area contributed by atoms with Crippen molar-refractivity contribution in [3.63, 3.8) is 0 Å². The number of aromatic nitrogens is 1. The van der Waals surface area contributed by atoms with Crippen LogP contribution in [0.4, 0.5) is 9.52 Å². The van der Waals surface area contributed by atoms with Gasteiger partial charge in [0.2, 0.25) is 0 Å². The standard InChI is InChI=1S/C11H10FN3O2S3/c1-6-5-19-11(14-6)15-20(16,17)7-2-3-9(12)8(4-7)10(13)18/h2-5H,1H3,(H2,13,18)(H,14,15). The summed E-state index contributed by atoms with van der Waals surface area (Å²) in [5.41, 5.74) is 5.94. The highest BCUT2D eigenvalue weighted by Gasteiger charge is 2.18. The van der Waals surface area contributed by atoms with E-state index in [-0.39, 0.29) is 20.6 Å². The predicted octanol–water partition coefficient (Wildman–Crippen LogP) is 2.03. The molecule has 106 valence electrons. The third-order valence-corrected chi connectivity index (χ3v) is 4.92. The lowest BCUT2D eigenvalue weighted by Crippen LogP contribution is -2.16. The molecule has 3 N–H and O–H groups in total. The van der Waals surface area contributed by atoms with E-state index in [9.17, 15) is 12.8 Å². The summed E-state index contributed by atoms with van der Waals surface area (Å²) in [6.45, 7) is 1.75. The van der Waals surface area contributed by atoms with Gasteiger partial charge in [0.1, 0.15) is 10.8 Å². The number of anilines is 1. The molecular formula is C11H10FN3O2S3. The number of benzene rings is 1. The molecule has 9 heteroatoms. The van der Waals surface area contributed by atoms with Crippen molar-refractivity contribution in [2.24, 2.45) is 5.73 Å². The zero-order valence-corrected chi connectivity index (χ0v) is 12.7. The zero-order chi connectivity index (χ0) is 14.9. The molecule has 0 saturated carbocycles. The Bertz CT molecular complexity index is 771. The van der Waals surface area contributed by atoms with Crippen LogP contribution in [0.3, 0.4) is 0 Å². The van der Waals surface area contributed by atoms with Crippen molar-refractivity contribution in [1.29, 1.82) is 0 Å². The van der Waals surface area contributed by atoms with Crippen molar-refractivity contribution < 1.29 is 12.8 Å². The first-order valence-corrected chi connectivity index (χ1v) is 8.11. The highest BCUT2D eigenvalue weighted by atomic mass is 32.2. The van der Waals surface area contributed by atoms with Gasteiger partial charge in [0.25, 0.3) is 10.0 Å². The lowest BCUT2D eigenvalue weighted by atomic mass is 10.2. The molecule has 0 fully saturated rings. The van der Waals surface area contributed by atoms with Crippen LogP contribution in [-0.4, -0.2) is 18.4 Å². The Morgan fingerprint density at radius 1 is 1.50 bits per heavy atom. The number of hydrogen-bond acceptors (Lipinski definition) is 5. The van der Waals surface area contributed by atoms with E-state index in [0.29, 0.717) is 5.69 Å². The summed E-state index contributed by atoms with van der Waals surface area (Å²) in [4.78, 5) is 3.67. The summed E-state index contributed by atoms with van der Waals surface area (Å²) in [6.07, 6.45) is 0. The number of nitrogens with two attached hydrogens (primary N) is 1. The molecule has 5 nitrogen and oxygen atoms in total. The van der Waals surface area contributed by atoms with Gasteiger partial charge in [0.15, 0.2) is 5.13 Å². The van der Waals surface area contributed by atoms with Gasteiger partial charge in [-0.3, -0.25) is 4.72 Å². The maximum Gasteiger partial charge on any atom is 0.263 e. The van der Waals surface area contributed by atoms with Crippen LogP contribution < -0.4 is 10.5 Å². The molecule has 1 aromatic heterocycles. The summed E-state index contributed by atoms with van der Waals surface area (Å²) in [6, 6.07) is 3.25. The van der Waals surface area contributed by atoms with Gasteiger partial charge in [-0.15, -0.1) is 11.3 Å². The van der Waals surface area contributed by atoms with Crippen LogP contribution >= 0.6 is 23.6 Å². The van der Waals surface area contributed by atoms with Gasteiger partial charge < -0.3 is 5.73 Å². The molecule has 0 amide bonds. The summed E-state index contributed by atoms with van der Waals surface area (Å²) in [7, 11) is -3.86. The summed E-state index contributed by atoms with van der Waals surface area (Å²) in [5, 5.41) is 1.95. The minimum absolute atomic E-state index is 0.113. The van der Waals surface area contributed by atoms with Crippen LogP contribution in [0.2, 0.25) is 0 Å². The third kappa shape index (κ3) is 3.11. The molecular weight excluding hydrogens is 321 g/mol.